The molecule has 0 amide bonds. The number of unbranched alkanes of at least 4 members (excludes halogenated alkanes) is 1. The number of hydrogen-bond acceptors (Lipinski definition) is 4. The van der Waals surface area contributed by atoms with Crippen LogP contribution in [0.1, 0.15) is 80.2 Å². The van der Waals surface area contributed by atoms with E-state index in [4.69, 9.17) is 22.4 Å². The molecule has 31 heavy (non-hydrogen) atoms. The van der Waals surface area contributed by atoms with Crippen LogP contribution < -0.4 is 5.73 Å². The Labute approximate surface area is 191 Å². The van der Waals surface area contributed by atoms with Crippen molar-refractivity contribution < 1.29 is 5.11 Å². The number of aryl methyl sites for hydroxylation is 2. The fourth-order valence-electron chi connectivity index (χ4n) is 3.97. The van der Waals surface area contributed by atoms with E-state index in [1.54, 1.807) is 12.4 Å². The molecule has 1 aromatic carbocycles. The van der Waals surface area contributed by atoms with E-state index in [9.17, 15) is 5.26 Å². The van der Waals surface area contributed by atoms with Crippen molar-refractivity contribution in [3.63, 3.8) is 0 Å². The largest absolute Gasteiger partial charge is 0.396 e. The molecule has 3 N–H and O–H groups in total. The number of nitrogens with two attached hydrogens (primary N) is 1. The van der Waals surface area contributed by atoms with Gasteiger partial charge < -0.3 is 10.8 Å². The first-order chi connectivity index (χ1) is 14.8. The molecule has 2 aromatic rings. The van der Waals surface area contributed by atoms with E-state index < -0.39 is 0 Å². The number of rotatable bonds is 4. The zero-order valence-electron chi connectivity index (χ0n) is 19.1. The number of aromatic nitrogens is 1. The Morgan fingerprint density at radius 3 is 2.58 bits per heavy atom. The molecule has 1 aliphatic rings. The summed E-state index contributed by atoms with van der Waals surface area (Å²) in [5.74, 6) is 0.763. The van der Waals surface area contributed by atoms with Crippen LogP contribution in [0.5, 0.6) is 0 Å². The molecular weight excluding hydrogens is 406 g/mol. The van der Waals surface area contributed by atoms with Crippen molar-refractivity contribution in [2.24, 2.45) is 5.92 Å². The van der Waals surface area contributed by atoms with Gasteiger partial charge in [-0.1, -0.05) is 56.9 Å². The van der Waals surface area contributed by atoms with Gasteiger partial charge >= 0.3 is 0 Å². The number of benzene rings is 1. The summed E-state index contributed by atoms with van der Waals surface area (Å²) in [7, 11) is 0. The van der Waals surface area contributed by atoms with Crippen molar-refractivity contribution in [3.8, 4) is 6.07 Å². The van der Waals surface area contributed by atoms with E-state index in [1.807, 2.05) is 26.0 Å². The topological polar surface area (TPSA) is 82.9 Å². The minimum atomic E-state index is 0.0127. The first kappa shape index (κ1) is 24.9. The Hall–Kier alpha value is -2.35. The standard InChI is InChI=1S/C19H20ClN3.C7H14O/c1-4-5-6-15(17-10-23-11-18(22)19(17)20)16-8-14(9-21)12(2)7-13(16)3;1-6-3-2-4-7(8)5-6/h6-8,10-11H,4-5,22H2,1-3H3;6-8H,2-5H2,1H3/b15-6+;. The summed E-state index contributed by atoms with van der Waals surface area (Å²) in [5, 5.41) is 18.9. The number of allylic oxidation sites excluding steroid dienone is 1. The van der Waals surface area contributed by atoms with Crippen LogP contribution in [0, 0.1) is 31.1 Å². The maximum Gasteiger partial charge on any atom is 0.0994 e. The summed E-state index contributed by atoms with van der Waals surface area (Å²) in [6, 6.07) is 6.20. The van der Waals surface area contributed by atoms with Crippen LogP contribution in [0.2, 0.25) is 5.02 Å². The molecule has 0 aliphatic heterocycles. The smallest absolute Gasteiger partial charge is 0.0994 e. The van der Waals surface area contributed by atoms with Crippen LogP contribution in [-0.4, -0.2) is 16.2 Å². The van der Waals surface area contributed by atoms with Gasteiger partial charge in [0, 0.05) is 11.8 Å². The van der Waals surface area contributed by atoms with Crippen LogP contribution in [0.4, 0.5) is 5.69 Å². The van der Waals surface area contributed by atoms with Gasteiger partial charge in [-0.05, 0) is 67.4 Å². The van der Waals surface area contributed by atoms with Crippen molar-refractivity contribution in [3.05, 3.63) is 63.4 Å². The number of hydrogen-bond donors (Lipinski definition) is 2. The Balaban J connectivity index is 0.000000357. The Morgan fingerprint density at radius 2 is 2.00 bits per heavy atom. The van der Waals surface area contributed by atoms with Crippen LogP contribution in [0.25, 0.3) is 5.57 Å². The molecule has 1 aromatic heterocycles. The number of anilines is 1. The highest BCUT2D eigenvalue weighted by molar-refractivity contribution is 6.35. The quantitative estimate of drug-likeness (QED) is 0.562. The van der Waals surface area contributed by atoms with Gasteiger partial charge in [0.15, 0.2) is 0 Å². The monoisotopic (exact) mass is 439 g/mol. The van der Waals surface area contributed by atoms with Crippen molar-refractivity contribution in [1.29, 1.82) is 5.26 Å². The summed E-state index contributed by atoms with van der Waals surface area (Å²) < 4.78 is 0. The Morgan fingerprint density at radius 1 is 1.26 bits per heavy atom. The second-order valence-corrected chi connectivity index (χ2v) is 8.89. The third kappa shape index (κ3) is 6.82. The molecule has 0 bridgehead atoms. The molecule has 1 fully saturated rings. The summed E-state index contributed by atoms with van der Waals surface area (Å²) in [6.45, 7) is 8.31. The second-order valence-electron chi connectivity index (χ2n) is 8.52. The Kier molecular flexibility index (Phi) is 9.55. The Bertz CT molecular complexity index is 954. The third-order valence-corrected chi connectivity index (χ3v) is 6.15. The zero-order valence-corrected chi connectivity index (χ0v) is 19.8. The number of nitriles is 1. The highest BCUT2D eigenvalue weighted by Crippen LogP contribution is 2.35. The second kappa shape index (κ2) is 11.9. The van der Waals surface area contributed by atoms with Gasteiger partial charge in [0.05, 0.1) is 34.6 Å². The van der Waals surface area contributed by atoms with Gasteiger partial charge in [-0.15, -0.1) is 0 Å². The van der Waals surface area contributed by atoms with Gasteiger partial charge in [0.1, 0.15) is 0 Å². The third-order valence-electron chi connectivity index (χ3n) is 5.73. The van der Waals surface area contributed by atoms with E-state index >= 15 is 0 Å². The lowest BCUT2D eigenvalue weighted by Gasteiger charge is -2.21. The number of aliphatic hydroxyl groups excluding tert-OH is 1. The molecule has 0 radical (unpaired) electrons. The van der Waals surface area contributed by atoms with Gasteiger partial charge in [-0.3, -0.25) is 4.98 Å². The SMILES string of the molecule is CC1CCCC(O)C1.CCC/C=C(\c1cc(C#N)c(C)cc1C)c1cncc(N)c1Cl. The molecule has 3 rings (SSSR count). The van der Waals surface area contributed by atoms with E-state index in [1.165, 1.54) is 12.8 Å². The number of nitrogen functional groups attached to an aromatic ring is 1. The highest BCUT2D eigenvalue weighted by Gasteiger charge is 2.16. The van der Waals surface area contributed by atoms with Gasteiger partial charge in [0.2, 0.25) is 0 Å². The number of nitrogens with zero attached hydrogens (tertiary/aromatic N) is 2. The lowest BCUT2D eigenvalue weighted by molar-refractivity contribution is 0.106. The molecule has 166 valence electrons. The molecule has 0 saturated heterocycles. The summed E-state index contributed by atoms with van der Waals surface area (Å²) in [4.78, 5) is 4.17. The maximum absolute atomic E-state index is 9.33. The molecule has 1 aliphatic carbocycles. The first-order valence-electron chi connectivity index (χ1n) is 11.1. The number of aliphatic hydroxyl groups is 1. The normalized spacial score (nSPS) is 18.7. The zero-order chi connectivity index (χ0) is 23.0. The minimum absolute atomic E-state index is 0.0127. The summed E-state index contributed by atoms with van der Waals surface area (Å²) in [5.41, 5.74) is 11.9. The molecule has 1 heterocycles. The molecular formula is C26H34ClN3O. The lowest BCUT2D eigenvalue weighted by Crippen LogP contribution is -2.16. The van der Waals surface area contributed by atoms with E-state index in [0.717, 1.165) is 59.4 Å². The van der Waals surface area contributed by atoms with Crippen molar-refractivity contribution in [2.75, 3.05) is 5.73 Å². The van der Waals surface area contributed by atoms with Crippen LogP contribution in [0.3, 0.4) is 0 Å². The predicted octanol–water partition coefficient (Wildman–Crippen LogP) is 6.59. The maximum atomic E-state index is 9.33. The molecule has 1 saturated carbocycles. The average Bonchev–Trinajstić information content (AvgIpc) is 2.72. The van der Waals surface area contributed by atoms with Crippen LogP contribution >= 0.6 is 11.6 Å². The van der Waals surface area contributed by atoms with E-state index in [-0.39, 0.29) is 6.10 Å². The van der Waals surface area contributed by atoms with Crippen molar-refractivity contribution in [2.45, 2.75) is 72.3 Å². The van der Waals surface area contributed by atoms with E-state index in [2.05, 4.69) is 31.0 Å². The predicted molar refractivity (Wildman–Crippen MR) is 130 cm³/mol. The van der Waals surface area contributed by atoms with Crippen molar-refractivity contribution >= 4 is 22.9 Å². The van der Waals surface area contributed by atoms with Crippen LogP contribution in [0.15, 0.2) is 30.6 Å². The van der Waals surface area contributed by atoms with Gasteiger partial charge in [0.25, 0.3) is 0 Å². The van der Waals surface area contributed by atoms with Gasteiger partial charge in [-0.2, -0.15) is 5.26 Å². The molecule has 0 spiro atoms. The van der Waals surface area contributed by atoms with E-state index in [0.29, 0.717) is 16.3 Å². The lowest BCUT2D eigenvalue weighted by atomic mass is 9.89. The molecule has 4 nitrogen and oxygen atoms in total. The highest BCUT2D eigenvalue weighted by atomic mass is 35.5. The number of pyridine rings is 1. The molecule has 5 heteroatoms. The fourth-order valence-corrected chi connectivity index (χ4v) is 4.17. The fraction of sp³-hybridized carbons (Fsp3) is 0.462. The summed E-state index contributed by atoms with van der Waals surface area (Å²) >= 11 is 6.40. The van der Waals surface area contributed by atoms with Crippen LogP contribution in [-0.2, 0) is 0 Å². The number of halogens is 1. The molecule has 2 unspecified atom stereocenters. The first-order valence-corrected chi connectivity index (χ1v) is 11.5. The molecule has 2 atom stereocenters. The van der Waals surface area contributed by atoms with Gasteiger partial charge in [-0.25, -0.2) is 0 Å². The summed E-state index contributed by atoms with van der Waals surface area (Å²) in [6.07, 6.45) is 12.0. The average molecular weight is 440 g/mol. The van der Waals surface area contributed by atoms with Crippen molar-refractivity contribution in [1.82, 2.24) is 4.98 Å². The minimum Gasteiger partial charge on any atom is -0.396 e.